The van der Waals surface area contributed by atoms with Crippen LogP contribution in [0.4, 0.5) is 5.69 Å². The molecule has 132 valence electrons. The maximum Gasteiger partial charge on any atom is 0.240 e. The zero-order chi connectivity index (χ0) is 16.9. The maximum absolute atomic E-state index is 12.4. The van der Waals surface area contributed by atoms with Gasteiger partial charge in [-0.05, 0) is 46.5 Å². The Kier molecular flexibility index (Phi) is 9.30. The van der Waals surface area contributed by atoms with Gasteiger partial charge in [0.25, 0.3) is 0 Å². The number of carbonyl (C=O) groups excluding carboxylic acids is 1. The Morgan fingerprint density at radius 1 is 1.35 bits per heavy atom. The van der Waals surface area contributed by atoms with Gasteiger partial charge in [0.05, 0.1) is 10.6 Å². The standard InChI is InChI=1S/C14H22BrN3O3S.ClH/c1-9(2)6-11(8-16)18-22(20,21)12-4-5-14(13(15)7-12)17-10(3)19;/h4-5,7,9,11,18H,6,8,16H2,1-3H3,(H,17,19);1H. The molecule has 6 nitrogen and oxygen atoms in total. The predicted octanol–water partition coefficient (Wildman–Crippen LogP) is 2.48. The molecular formula is C14H23BrClN3O3S. The highest BCUT2D eigenvalue weighted by molar-refractivity contribution is 9.10. The molecule has 1 aromatic rings. The number of rotatable bonds is 7. The number of hydrogen-bond donors (Lipinski definition) is 3. The smallest absolute Gasteiger partial charge is 0.240 e. The van der Waals surface area contributed by atoms with Crippen molar-refractivity contribution in [3.63, 3.8) is 0 Å². The van der Waals surface area contributed by atoms with Crippen LogP contribution < -0.4 is 15.8 Å². The van der Waals surface area contributed by atoms with Crippen LogP contribution in [-0.2, 0) is 14.8 Å². The number of sulfonamides is 1. The van der Waals surface area contributed by atoms with E-state index in [2.05, 4.69) is 26.0 Å². The summed E-state index contributed by atoms with van der Waals surface area (Å²) in [6.45, 7) is 5.64. The summed E-state index contributed by atoms with van der Waals surface area (Å²) in [5, 5.41) is 2.61. The summed E-state index contributed by atoms with van der Waals surface area (Å²) in [4.78, 5) is 11.2. The van der Waals surface area contributed by atoms with Crippen LogP contribution in [0.3, 0.4) is 0 Å². The van der Waals surface area contributed by atoms with Crippen LogP contribution in [-0.4, -0.2) is 26.9 Å². The number of anilines is 1. The first-order valence-electron chi connectivity index (χ1n) is 6.95. The average molecular weight is 429 g/mol. The van der Waals surface area contributed by atoms with Gasteiger partial charge in [0.2, 0.25) is 15.9 Å². The van der Waals surface area contributed by atoms with Crippen LogP contribution in [0.1, 0.15) is 27.2 Å². The Labute approximate surface area is 152 Å². The second-order valence-electron chi connectivity index (χ2n) is 5.51. The summed E-state index contributed by atoms with van der Waals surface area (Å²) < 4.78 is 27.9. The lowest BCUT2D eigenvalue weighted by Crippen LogP contribution is -2.40. The van der Waals surface area contributed by atoms with Crippen molar-refractivity contribution in [2.45, 2.75) is 38.1 Å². The van der Waals surface area contributed by atoms with Gasteiger partial charge in [0.15, 0.2) is 0 Å². The molecule has 0 spiro atoms. The van der Waals surface area contributed by atoms with E-state index in [4.69, 9.17) is 5.73 Å². The molecule has 0 heterocycles. The number of benzene rings is 1. The lowest BCUT2D eigenvalue weighted by atomic mass is 10.1. The fraction of sp³-hybridized carbons (Fsp3) is 0.500. The third-order valence-corrected chi connectivity index (χ3v) is 5.10. The van der Waals surface area contributed by atoms with Gasteiger partial charge in [-0.3, -0.25) is 4.79 Å². The zero-order valence-electron chi connectivity index (χ0n) is 13.3. The molecule has 1 unspecified atom stereocenters. The molecule has 1 atom stereocenters. The van der Waals surface area contributed by atoms with Crippen LogP contribution in [0, 0.1) is 5.92 Å². The van der Waals surface area contributed by atoms with E-state index in [9.17, 15) is 13.2 Å². The maximum atomic E-state index is 12.4. The van der Waals surface area contributed by atoms with Crippen LogP contribution >= 0.6 is 28.3 Å². The van der Waals surface area contributed by atoms with Crippen molar-refractivity contribution in [3.05, 3.63) is 22.7 Å². The minimum absolute atomic E-state index is 0. The molecule has 0 radical (unpaired) electrons. The molecule has 0 aliphatic carbocycles. The number of nitrogens with one attached hydrogen (secondary N) is 2. The highest BCUT2D eigenvalue weighted by Crippen LogP contribution is 2.26. The summed E-state index contributed by atoms with van der Waals surface area (Å²) in [7, 11) is -3.66. The van der Waals surface area contributed by atoms with Gasteiger partial charge >= 0.3 is 0 Å². The quantitative estimate of drug-likeness (QED) is 0.621. The van der Waals surface area contributed by atoms with Crippen LogP contribution in [0.15, 0.2) is 27.6 Å². The van der Waals surface area contributed by atoms with E-state index in [0.717, 1.165) is 0 Å². The van der Waals surface area contributed by atoms with Crippen molar-refractivity contribution in [1.82, 2.24) is 4.72 Å². The van der Waals surface area contributed by atoms with Crippen molar-refractivity contribution in [2.24, 2.45) is 11.7 Å². The van der Waals surface area contributed by atoms with Gasteiger partial charge in [-0.25, -0.2) is 13.1 Å². The van der Waals surface area contributed by atoms with Gasteiger partial charge in [0.1, 0.15) is 0 Å². The summed E-state index contributed by atoms with van der Waals surface area (Å²) in [5.41, 5.74) is 6.15. The summed E-state index contributed by atoms with van der Waals surface area (Å²) in [6, 6.07) is 4.14. The molecule has 0 bridgehead atoms. The second kappa shape index (κ2) is 9.58. The van der Waals surface area contributed by atoms with Gasteiger partial charge in [0, 0.05) is 24.0 Å². The Morgan fingerprint density at radius 2 is 1.96 bits per heavy atom. The first-order chi connectivity index (χ1) is 10.2. The Morgan fingerprint density at radius 3 is 2.39 bits per heavy atom. The third-order valence-electron chi connectivity index (χ3n) is 2.92. The number of carbonyl (C=O) groups is 1. The van der Waals surface area contributed by atoms with Crippen molar-refractivity contribution < 1.29 is 13.2 Å². The molecule has 0 saturated carbocycles. The highest BCUT2D eigenvalue weighted by atomic mass is 79.9. The summed E-state index contributed by atoms with van der Waals surface area (Å²) in [6.07, 6.45) is 0.668. The molecule has 1 amide bonds. The normalized spacial score (nSPS) is 12.6. The van der Waals surface area contributed by atoms with E-state index in [-0.39, 0.29) is 35.8 Å². The van der Waals surface area contributed by atoms with E-state index < -0.39 is 10.0 Å². The van der Waals surface area contributed by atoms with E-state index >= 15 is 0 Å². The van der Waals surface area contributed by atoms with E-state index in [1.807, 2.05) is 13.8 Å². The largest absolute Gasteiger partial charge is 0.329 e. The van der Waals surface area contributed by atoms with Crippen LogP contribution in [0.25, 0.3) is 0 Å². The summed E-state index contributed by atoms with van der Waals surface area (Å²) >= 11 is 3.26. The molecule has 23 heavy (non-hydrogen) atoms. The van der Waals surface area contributed by atoms with Crippen molar-refractivity contribution in [3.8, 4) is 0 Å². The SMILES string of the molecule is CC(=O)Nc1ccc(S(=O)(=O)NC(CN)CC(C)C)cc1Br.Cl. The number of halogens is 2. The third kappa shape index (κ3) is 7.17. The second-order valence-corrected chi connectivity index (χ2v) is 8.07. The lowest BCUT2D eigenvalue weighted by Gasteiger charge is -2.19. The molecule has 1 aromatic carbocycles. The molecular weight excluding hydrogens is 406 g/mol. The van der Waals surface area contributed by atoms with Crippen molar-refractivity contribution in [1.29, 1.82) is 0 Å². The average Bonchev–Trinajstić information content (AvgIpc) is 2.38. The fourth-order valence-electron chi connectivity index (χ4n) is 2.00. The number of amides is 1. The first kappa shape index (κ1) is 22.3. The van der Waals surface area contributed by atoms with Gasteiger partial charge in [-0.1, -0.05) is 13.8 Å². The Balaban J connectivity index is 0.00000484. The Bertz CT molecular complexity index is 638. The highest BCUT2D eigenvalue weighted by Gasteiger charge is 2.21. The zero-order valence-corrected chi connectivity index (χ0v) is 16.5. The van der Waals surface area contributed by atoms with Crippen molar-refractivity contribution in [2.75, 3.05) is 11.9 Å². The molecule has 4 N–H and O–H groups in total. The molecule has 0 aliphatic rings. The van der Waals surface area contributed by atoms with E-state index in [0.29, 0.717) is 22.5 Å². The topological polar surface area (TPSA) is 101 Å². The van der Waals surface area contributed by atoms with Crippen LogP contribution in [0.2, 0.25) is 0 Å². The number of hydrogen-bond acceptors (Lipinski definition) is 4. The van der Waals surface area contributed by atoms with E-state index in [1.165, 1.54) is 19.1 Å². The van der Waals surface area contributed by atoms with Gasteiger partial charge < -0.3 is 11.1 Å². The van der Waals surface area contributed by atoms with Crippen molar-refractivity contribution >= 4 is 50.0 Å². The van der Waals surface area contributed by atoms with Gasteiger partial charge in [-0.15, -0.1) is 12.4 Å². The fourth-order valence-corrected chi connectivity index (χ4v) is 3.92. The Hall–Kier alpha value is -0.670. The molecule has 0 aliphatic heterocycles. The lowest BCUT2D eigenvalue weighted by molar-refractivity contribution is -0.114. The summed E-state index contributed by atoms with van der Waals surface area (Å²) in [5.74, 6) is 0.111. The van der Waals surface area contributed by atoms with E-state index in [1.54, 1.807) is 6.07 Å². The van der Waals surface area contributed by atoms with Crippen LogP contribution in [0.5, 0.6) is 0 Å². The minimum atomic E-state index is -3.66. The first-order valence-corrected chi connectivity index (χ1v) is 9.23. The molecule has 1 rings (SSSR count). The predicted molar refractivity (Wildman–Crippen MR) is 98.3 cm³/mol. The minimum Gasteiger partial charge on any atom is -0.329 e. The molecule has 0 aromatic heterocycles. The van der Waals surface area contributed by atoms with Gasteiger partial charge in [-0.2, -0.15) is 0 Å². The number of nitrogens with two attached hydrogens (primary N) is 1. The monoisotopic (exact) mass is 427 g/mol. The molecule has 0 saturated heterocycles. The molecule has 0 fully saturated rings. The molecule has 9 heteroatoms.